The first-order valence-corrected chi connectivity index (χ1v) is 8.97. The molecule has 2 aromatic carbocycles. The molecule has 0 unspecified atom stereocenters. The van der Waals surface area contributed by atoms with Crippen molar-refractivity contribution in [2.24, 2.45) is 7.05 Å². The number of hydrogen-bond acceptors (Lipinski definition) is 4. The summed E-state index contributed by atoms with van der Waals surface area (Å²) in [5.41, 5.74) is -2.67. The number of aromatic carboxylic acids is 1. The fourth-order valence-electron chi connectivity index (χ4n) is 2.99. The molecule has 1 atom stereocenters. The van der Waals surface area contributed by atoms with Crippen LogP contribution in [0.3, 0.4) is 0 Å². The van der Waals surface area contributed by atoms with E-state index in [0.717, 1.165) is 12.1 Å². The molecule has 3 rings (SSSR count). The topological polar surface area (TPSA) is 112 Å². The number of halogens is 3. The molecule has 0 aliphatic rings. The third-order valence-corrected chi connectivity index (χ3v) is 5.38. The van der Waals surface area contributed by atoms with Crippen LogP contribution in [0, 0.1) is 5.82 Å². The summed E-state index contributed by atoms with van der Waals surface area (Å²) in [5.74, 6) is -3.29. The number of rotatable bonds is 5. The molecule has 4 N–H and O–H groups in total. The number of aliphatic hydroxyl groups excluding tert-OH is 1. The molecule has 0 spiro atoms. The van der Waals surface area contributed by atoms with Crippen LogP contribution < -0.4 is 5.32 Å². The standard InChI is InChI=1S/C19H15Cl2FN2O5/c1-24-14-5-4-12(20)16(21)10(14)7-15(24)17(26)23-19(29,8-25)11-3-2-9(18(27)28)6-13(11)22/h2-7,25,29H,8H2,1H3,(H,23,26)(H,27,28)/t19-/m1/s1. The number of carbonyl (C=O) groups excluding carboxylic acids is 1. The van der Waals surface area contributed by atoms with Crippen molar-refractivity contribution < 1.29 is 29.3 Å². The summed E-state index contributed by atoms with van der Waals surface area (Å²) in [5, 5.41) is 32.4. The molecule has 29 heavy (non-hydrogen) atoms. The number of nitrogens with zero attached hydrogens (tertiary/aromatic N) is 1. The van der Waals surface area contributed by atoms with Crippen LogP contribution in [-0.2, 0) is 12.8 Å². The Kier molecular flexibility index (Phi) is 5.55. The van der Waals surface area contributed by atoms with Crippen LogP contribution in [-0.4, -0.2) is 38.4 Å². The van der Waals surface area contributed by atoms with Gasteiger partial charge < -0.3 is 25.2 Å². The summed E-state index contributed by atoms with van der Waals surface area (Å²) in [6, 6.07) is 7.38. The maximum Gasteiger partial charge on any atom is 0.335 e. The van der Waals surface area contributed by atoms with E-state index in [2.05, 4.69) is 5.32 Å². The van der Waals surface area contributed by atoms with E-state index in [4.69, 9.17) is 28.3 Å². The van der Waals surface area contributed by atoms with Crippen LogP contribution in [0.2, 0.25) is 10.0 Å². The van der Waals surface area contributed by atoms with E-state index < -0.39 is 35.6 Å². The number of hydrogen-bond donors (Lipinski definition) is 4. The Morgan fingerprint density at radius 2 is 1.90 bits per heavy atom. The lowest BCUT2D eigenvalue weighted by Gasteiger charge is -2.28. The van der Waals surface area contributed by atoms with E-state index in [1.165, 1.54) is 10.6 Å². The Labute approximate surface area is 173 Å². The molecular formula is C19H15Cl2FN2O5. The lowest BCUT2D eigenvalue weighted by molar-refractivity contribution is -0.0444. The molecule has 3 aromatic rings. The van der Waals surface area contributed by atoms with Gasteiger partial charge in [0, 0.05) is 23.5 Å². The molecule has 10 heteroatoms. The number of aryl methyl sites for hydroxylation is 1. The third-order valence-electron chi connectivity index (χ3n) is 4.56. The number of benzene rings is 2. The highest BCUT2D eigenvalue weighted by atomic mass is 35.5. The van der Waals surface area contributed by atoms with Gasteiger partial charge in [-0.3, -0.25) is 4.79 Å². The van der Waals surface area contributed by atoms with E-state index in [-0.39, 0.29) is 16.3 Å². The Bertz CT molecular complexity index is 1150. The number of carboxylic acids is 1. The van der Waals surface area contributed by atoms with Crippen molar-refractivity contribution in [3.63, 3.8) is 0 Å². The number of nitrogens with one attached hydrogen (secondary N) is 1. The van der Waals surface area contributed by atoms with E-state index in [0.29, 0.717) is 22.0 Å². The van der Waals surface area contributed by atoms with E-state index in [1.807, 2.05) is 0 Å². The van der Waals surface area contributed by atoms with Crippen LogP contribution in [0.1, 0.15) is 26.4 Å². The number of fused-ring (bicyclic) bond motifs is 1. The maximum atomic E-state index is 14.4. The van der Waals surface area contributed by atoms with Gasteiger partial charge in [0.2, 0.25) is 0 Å². The lowest BCUT2D eigenvalue weighted by Crippen LogP contribution is -2.49. The third kappa shape index (κ3) is 3.67. The number of aliphatic hydroxyl groups is 2. The molecule has 0 aliphatic carbocycles. The van der Waals surface area contributed by atoms with Crippen molar-refractivity contribution >= 4 is 46.0 Å². The first-order valence-electron chi connectivity index (χ1n) is 8.21. The number of carboxylic acid groups (broad SMARTS) is 1. The minimum Gasteiger partial charge on any atom is -0.478 e. The Hall–Kier alpha value is -2.65. The predicted molar refractivity (Wildman–Crippen MR) is 105 cm³/mol. The van der Waals surface area contributed by atoms with Crippen LogP contribution in [0.4, 0.5) is 4.39 Å². The molecular weight excluding hydrogens is 426 g/mol. The molecule has 7 nitrogen and oxygen atoms in total. The second-order valence-electron chi connectivity index (χ2n) is 6.36. The highest BCUT2D eigenvalue weighted by Gasteiger charge is 2.35. The quantitative estimate of drug-likeness (QED) is 0.455. The van der Waals surface area contributed by atoms with E-state index in [9.17, 15) is 24.2 Å². The van der Waals surface area contributed by atoms with Crippen LogP contribution in [0.5, 0.6) is 0 Å². The first-order chi connectivity index (χ1) is 13.6. The highest BCUT2D eigenvalue weighted by Crippen LogP contribution is 2.33. The predicted octanol–water partition coefficient (Wildman–Crippen LogP) is 2.89. The molecule has 1 amide bonds. The summed E-state index contributed by atoms with van der Waals surface area (Å²) in [6.45, 7) is -1.06. The van der Waals surface area contributed by atoms with Gasteiger partial charge in [-0.15, -0.1) is 0 Å². The van der Waals surface area contributed by atoms with Gasteiger partial charge in [-0.1, -0.05) is 29.3 Å². The van der Waals surface area contributed by atoms with Crippen LogP contribution in [0.25, 0.3) is 10.9 Å². The van der Waals surface area contributed by atoms with E-state index in [1.54, 1.807) is 19.2 Å². The van der Waals surface area contributed by atoms with Crippen molar-refractivity contribution in [3.05, 3.63) is 69.1 Å². The van der Waals surface area contributed by atoms with Gasteiger partial charge in [0.05, 0.1) is 22.2 Å². The molecule has 0 radical (unpaired) electrons. The Morgan fingerprint density at radius 1 is 1.21 bits per heavy atom. The Morgan fingerprint density at radius 3 is 2.48 bits per heavy atom. The summed E-state index contributed by atoms with van der Waals surface area (Å²) < 4.78 is 15.9. The van der Waals surface area contributed by atoms with Gasteiger partial charge in [0.25, 0.3) is 5.91 Å². The van der Waals surface area contributed by atoms with Gasteiger partial charge in [-0.25, -0.2) is 9.18 Å². The van der Waals surface area contributed by atoms with Gasteiger partial charge in [-0.05, 0) is 30.3 Å². The second kappa shape index (κ2) is 7.64. The zero-order chi connectivity index (χ0) is 21.5. The van der Waals surface area contributed by atoms with Gasteiger partial charge in [-0.2, -0.15) is 0 Å². The maximum absolute atomic E-state index is 14.4. The SMILES string of the molecule is Cn1c(C(=O)N[C@@](O)(CO)c2ccc(C(=O)O)cc2F)cc2c(Cl)c(Cl)ccc21. The number of amides is 1. The molecule has 152 valence electrons. The van der Waals surface area contributed by atoms with Crippen LogP contribution in [0.15, 0.2) is 36.4 Å². The summed E-state index contributed by atoms with van der Waals surface area (Å²) in [7, 11) is 1.59. The number of aromatic nitrogens is 1. The van der Waals surface area contributed by atoms with Crippen molar-refractivity contribution in [2.45, 2.75) is 5.72 Å². The minimum absolute atomic E-state index is 0.0682. The average Bonchev–Trinajstić information content (AvgIpc) is 3.01. The van der Waals surface area contributed by atoms with Crippen molar-refractivity contribution in [1.29, 1.82) is 0 Å². The second-order valence-corrected chi connectivity index (χ2v) is 7.14. The summed E-state index contributed by atoms with van der Waals surface area (Å²) >= 11 is 12.2. The largest absolute Gasteiger partial charge is 0.478 e. The van der Waals surface area contributed by atoms with Gasteiger partial charge in [0.1, 0.15) is 11.5 Å². The molecule has 0 bridgehead atoms. The zero-order valence-electron chi connectivity index (χ0n) is 14.9. The summed E-state index contributed by atoms with van der Waals surface area (Å²) in [6.07, 6.45) is 0. The lowest BCUT2D eigenvalue weighted by atomic mass is 10.0. The summed E-state index contributed by atoms with van der Waals surface area (Å²) in [4.78, 5) is 23.7. The van der Waals surface area contributed by atoms with Crippen molar-refractivity contribution in [2.75, 3.05) is 6.61 Å². The van der Waals surface area contributed by atoms with Gasteiger partial charge >= 0.3 is 5.97 Å². The van der Waals surface area contributed by atoms with Crippen molar-refractivity contribution in [1.82, 2.24) is 9.88 Å². The molecule has 0 saturated carbocycles. The highest BCUT2D eigenvalue weighted by molar-refractivity contribution is 6.45. The average molecular weight is 441 g/mol. The molecule has 0 saturated heterocycles. The molecule has 0 aliphatic heterocycles. The monoisotopic (exact) mass is 440 g/mol. The fraction of sp³-hybridized carbons (Fsp3) is 0.158. The molecule has 1 heterocycles. The first kappa shape index (κ1) is 21.1. The van der Waals surface area contributed by atoms with Crippen LogP contribution >= 0.6 is 23.2 Å². The normalized spacial score (nSPS) is 13.3. The van der Waals surface area contributed by atoms with E-state index >= 15 is 0 Å². The fourth-order valence-corrected chi connectivity index (χ4v) is 3.37. The smallest absolute Gasteiger partial charge is 0.335 e. The minimum atomic E-state index is -2.49. The zero-order valence-corrected chi connectivity index (χ0v) is 16.4. The van der Waals surface area contributed by atoms with Gasteiger partial charge in [0.15, 0.2) is 5.72 Å². The van der Waals surface area contributed by atoms with Crippen molar-refractivity contribution in [3.8, 4) is 0 Å². The molecule has 0 fully saturated rings. The molecule has 1 aromatic heterocycles. The number of carbonyl (C=O) groups is 2. The Balaban J connectivity index is 2.00.